The summed E-state index contributed by atoms with van der Waals surface area (Å²) in [6.45, 7) is 11.8. The van der Waals surface area contributed by atoms with Crippen molar-refractivity contribution < 1.29 is 0 Å². The molecule has 0 spiro atoms. The molecule has 1 heteroatoms. The van der Waals surface area contributed by atoms with E-state index >= 15 is 0 Å². The van der Waals surface area contributed by atoms with Crippen molar-refractivity contribution in [3.05, 3.63) is 11.6 Å². The van der Waals surface area contributed by atoms with Crippen molar-refractivity contribution in [3.8, 4) is 0 Å². The second-order valence-electron chi connectivity index (χ2n) is 7.56. The maximum absolute atomic E-state index is 2.45. The monoisotopic (exact) mass is 406 g/mol. The van der Waals surface area contributed by atoms with E-state index in [2.05, 4.69) is 63.3 Å². The van der Waals surface area contributed by atoms with Crippen molar-refractivity contribution in [2.24, 2.45) is 17.8 Å². The third-order valence-corrected chi connectivity index (χ3v) is 5.01. The van der Waals surface area contributed by atoms with Crippen molar-refractivity contribution in [1.82, 2.24) is 0 Å². The number of rotatable bonds is 13. The average Bonchev–Trinajstić information content (AvgIpc) is 2.38. The highest BCUT2D eigenvalue weighted by Crippen LogP contribution is 2.22. The van der Waals surface area contributed by atoms with E-state index in [1.807, 2.05) is 0 Å². The molecular formula is C20H39I. The van der Waals surface area contributed by atoms with Crippen LogP contribution in [0.5, 0.6) is 0 Å². The fourth-order valence-electron chi connectivity index (χ4n) is 2.94. The normalized spacial score (nSPS) is 15.5. The molecule has 0 amide bonds. The van der Waals surface area contributed by atoms with Gasteiger partial charge < -0.3 is 0 Å². The van der Waals surface area contributed by atoms with Crippen LogP contribution in [0.4, 0.5) is 0 Å². The first-order valence-corrected chi connectivity index (χ1v) is 10.7. The van der Waals surface area contributed by atoms with E-state index in [9.17, 15) is 0 Å². The van der Waals surface area contributed by atoms with Crippen LogP contribution in [0.25, 0.3) is 0 Å². The molecule has 0 saturated heterocycles. The highest BCUT2D eigenvalue weighted by molar-refractivity contribution is 14.1. The summed E-state index contributed by atoms with van der Waals surface area (Å²) in [5.41, 5.74) is 1.58. The number of hydrogen-bond acceptors (Lipinski definition) is 0. The zero-order chi connectivity index (χ0) is 16.1. The van der Waals surface area contributed by atoms with E-state index in [-0.39, 0.29) is 0 Å². The summed E-state index contributed by atoms with van der Waals surface area (Å²) in [6, 6.07) is 0. The lowest BCUT2D eigenvalue weighted by Gasteiger charge is -2.15. The molecule has 0 nitrogen and oxygen atoms in total. The molecule has 0 aliphatic rings. The molecular weight excluding hydrogens is 367 g/mol. The number of halogens is 1. The van der Waals surface area contributed by atoms with E-state index in [1.165, 1.54) is 57.8 Å². The number of alkyl halides is 1. The minimum absolute atomic E-state index is 0.877. The molecule has 126 valence electrons. The zero-order valence-corrected chi connectivity index (χ0v) is 17.4. The summed E-state index contributed by atoms with van der Waals surface area (Å²) < 4.78 is 1.16. The van der Waals surface area contributed by atoms with Crippen LogP contribution in [0, 0.1) is 17.8 Å². The molecule has 0 aromatic heterocycles. The second-order valence-corrected chi connectivity index (χ2v) is 8.44. The highest BCUT2D eigenvalue weighted by atomic mass is 127. The predicted octanol–water partition coefficient (Wildman–Crippen LogP) is 7.81. The molecule has 0 aliphatic carbocycles. The molecule has 0 aromatic rings. The number of hydrogen-bond donors (Lipinski definition) is 0. The van der Waals surface area contributed by atoms with Gasteiger partial charge in [0, 0.05) is 4.43 Å². The Morgan fingerprint density at radius 2 is 1.29 bits per heavy atom. The Bertz CT molecular complexity index is 255. The summed E-state index contributed by atoms with van der Waals surface area (Å²) in [5, 5.41) is 0. The topological polar surface area (TPSA) is 0 Å². The van der Waals surface area contributed by atoms with Crippen LogP contribution >= 0.6 is 22.6 Å². The summed E-state index contributed by atoms with van der Waals surface area (Å²) in [4.78, 5) is 0. The molecule has 0 heterocycles. The van der Waals surface area contributed by atoms with Crippen LogP contribution in [0.3, 0.4) is 0 Å². The Hall–Kier alpha value is 0.470. The van der Waals surface area contributed by atoms with Gasteiger partial charge in [-0.25, -0.2) is 0 Å². The van der Waals surface area contributed by atoms with Gasteiger partial charge in [-0.15, -0.1) is 0 Å². The third-order valence-electron chi connectivity index (χ3n) is 4.57. The Balaban J connectivity index is 3.52. The molecule has 0 radical (unpaired) electrons. The third kappa shape index (κ3) is 15.1. The Kier molecular flexibility index (Phi) is 14.4. The molecule has 0 aromatic carbocycles. The molecule has 2 atom stereocenters. The van der Waals surface area contributed by atoms with Crippen LogP contribution in [-0.4, -0.2) is 4.43 Å². The quantitative estimate of drug-likeness (QED) is 0.166. The second kappa shape index (κ2) is 14.1. The zero-order valence-electron chi connectivity index (χ0n) is 15.3. The fourth-order valence-corrected chi connectivity index (χ4v) is 3.69. The van der Waals surface area contributed by atoms with E-state index in [0.717, 1.165) is 22.2 Å². The number of allylic oxidation sites excluding steroid dienone is 2. The first-order valence-electron chi connectivity index (χ1n) is 9.17. The SMILES string of the molecule is CC(=CCI)CCCC(C)CCCC(C)CCCC(C)C. The van der Waals surface area contributed by atoms with Crippen molar-refractivity contribution in [3.63, 3.8) is 0 Å². The van der Waals surface area contributed by atoms with E-state index in [1.54, 1.807) is 5.57 Å². The minimum atomic E-state index is 0.877. The van der Waals surface area contributed by atoms with Crippen molar-refractivity contribution in [2.45, 2.75) is 92.4 Å². The molecule has 0 bridgehead atoms. The average molecular weight is 406 g/mol. The van der Waals surface area contributed by atoms with Gasteiger partial charge in [0.2, 0.25) is 0 Å². The molecule has 2 unspecified atom stereocenters. The predicted molar refractivity (Wildman–Crippen MR) is 107 cm³/mol. The van der Waals surface area contributed by atoms with E-state index < -0.39 is 0 Å². The van der Waals surface area contributed by atoms with Crippen LogP contribution in [0.15, 0.2) is 11.6 Å². The standard InChI is InChI=1S/C20H39I/c1-17(2)9-6-10-18(3)11-7-12-19(4)13-8-14-20(5)15-16-21/h15,17-19H,6-14,16H2,1-5H3. The summed E-state index contributed by atoms with van der Waals surface area (Å²) >= 11 is 2.43. The van der Waals surface area contributed by atoms with Crippen molar-refractivity contribution >= 4 is 22.6 Å². The molecule has 21 heavy (non-hydrogen) atoms. The summed E-state index contributed by atoms with van der Waals surface area (Å²) in [7, 11) is 0. The van der Waals surface area contributed by atoms with Crippen LogP contribution in [-0.2, 0) is 0 Å². The van der Waals surface area contributed by atoms with Crippen molar-refractivity contribution in [1.29, 1.82) is 0 Å². The first-order chi connectivity index (χ1) is 9.95. The fraction of sp³-hybridized carbons (Fsp3) is 0.900. The van der Waals surface area contributed by atoms with Crippen LogP contribution < -0.4 is 0 Å². The largest absolute Gasteiger partial charge is 0.0818 e. The lowest BCUT2D eigenvalue weighted by atomic mass is 9.91. The Morgan fingerprint density at radius 1 is 0.810 bits per heavy atom. The van der Waals surface area contributed by atoms with Gasteiger partial charge in [0.1, 0.15) is 0 Å². The maximum Gasteiger partial charge on any atom is 0.0178 e. The minimum Gasteiger partial charge on any atom is -0.0818 e. The molecule has 0 saturated carbocycles. The highest BCUT2D eigenvalue weighted by Gasteiger charge is 2.06. The Morgan fingerprint density at radius 3 is 1.76 bits per heavy atom. The van der Waals surface area contributed by atoms with E-state index in [4.69, 9.17) is 0 Å². The lowest BCUT2D eigenvalue weighted by molar-refractivity contribution is 0.389. The summed E-state index contributed by atoms with van der Waals surface area (Å²) in [6.07, 6.45) is 15.0. The maximum atomic E-state index is 2.45. The lowest BCUT2D eigenvalue weighted by Crippen LogP contribution is -2.00. The first kappa shape index (κ1) is 21.5. The van der Waals surface area contributed by atoms with Gasteiger partial charge in [0.05, 0.1) is 0 Å². The van der Waals surface area contributed by atoms with Crippen molar-refractivity contribution in [2.75, 3.05) is 4.43 Å². The molecule has 0 N–H and O–H groups in total. The van der Waals surface area contributed by atoms with Crippen LogP contribution in [0.2, 0.25) is 0 Å². The van der Waals surface area contributed by atoms with Gasteiger partial charge in [-0.05, 0) is 37.5 Å². The van der Waals surface area contributed by atoms with Gasteiger partial charge in [-0.1, -0.05) is 107 Å². The van der Waals surface area contributed by atoms with Gasteiger partial charge in [-0.3, -0.25) is 0 Å². The summed E-state index contributed by atoms with van der Waals surface area (Å²) in [5.74, 6) is 2.73. The smallest absolute Gasteiger partial charge is 0.0178 e. The molecule has 0 fully saturated rings. The van der Waals surface area contributed by atoms with Gasteiger partial charge in [0.15, 0.2) is 0 Å². The van der Waals surface area contributed by atoms with Gasteiger partial charge in [-0.2, -0.15) is 0 Å². The van der Waals surface area contributed by atoms with E-state index in [0.29, 0.717) is 0 Å². The molecule has 0 aliphatic heterocycles. The van der Waals surface area contributed by atoms with Crippen LogP contribution in [0.1, 0.15) is 92.4 Å². The Labute approximate surface area is 148 Å². The molecule has 0 rings (SSSR count). The van der Waals surface area contributed by atoms with Gasteiger partial charge in [0.25, 0.3) is 0 Å². The van der Waals surface area contributed by atoms with Gasteiger partial charge >= 0.3 is 0 Å².